The third-order valence-electron chi connectivity index (χ3n) is 5.00. The Labute approximate surface area is 116 Å². The molecule has 2 fully saturated rings. The molecule has 19 heavy (non-hydrogen) atoms. The van der Waals surface area contributed by atoms with Gasteiger partial charge in [0.2, 0.25) is 0 Å². The lowest BCUT2D eigenvalue weighted by molar-refractivity contribution is 0.164. The van der Waals surface area contributed by atoms with Crippen LogP contribution in [0.2, 0.25) is 0 Å². The molecule has 0 bridgehead atoms. The predicted octanol–water partition coefficient (Wildman–Crippen LogP) is 2.87. The second kappa shape index (κ2) is 5.26. The van der Waals surface area contributed by atoms with Crippen LogP contribution < -0.4 is 0 Å². The molecule has 2 aliphatic rings. The molecule has 0 radical (unpaired) electrons. The van der Waals surface area contributed by atoms with Gasteiger partial charge < -0.3 is 5.11 Å². The maximum Gasteiger partial charge on any atom is 0.0679 e. The zero-order chi connectivity index (χ0) is 13.3. The minimum absolute atomic E-state index is 0.100. The number of β-amino-alcohol motifs (C(OH)–C–C–N with tert-alkyl or cyclic N) is 1. The van der Waals surface area contributed by atoms with Gasteiger partial charge >= 0.3 is 0 Å². The quantitative estimate of drug-likeness (QED) is 0.902. The van der Waals surface area contributed by atoms with E-state index in [2.05, 4.69) is 36.1 Å². The molecule has 1 saturated heterocycles. The lowest BCUT2D eigenvalue weighted by Crippen LogP contribution is -2.38. The molecule has 1 saturated carbocycles. The summed E-state index contributed by atoms with van der Waals surface area (Å²) in [5.41, 5.74) is 3.20. The fourth-order valence-electron chi connectivity index (χ4n) is 3.88. The molecular formula is C17H25NO. The van der Waals surface area contributed by atoms with Crippen LogP contribution in [0.25, 0.3) is 0 Å². The summed E-state index contributed by atoms with van der Waals surface area (Å²) in [4.78, 5) is 2.47. The van der Waals surface area contributed by atoms with Crippen LogP contribution in [0.1, 0.15) is 43.2 Å². The van der Waals surface area contributed by atoms with Crippen LogP contribution >= 0.6 is 0 Å². The van der Waals surface area contributed by atoms with E-state index in [-0.39, 0.29) is 6.10 Å². The summed E-state index contributed by atoms with van der Waals surface area (Å²) in [5, 5.41) is 9.72. The summed E-state index contributed by atoms with van der Waals surface area (Å²) in [6.45, 7) is 5.22. The first kappa shape index (κ1) is 13.1. The molecule has 0 amide bonds. The van der Waals surface area contributed by atoms with Crippen LogP contribution in [0.5, 0.6) is 0 Å². The number of hydrogen-bond acceptors (Lipinski definition) is 2. The Morgan fingerprint density at radius 2 is 1.89 bits per heavy atom. The lowest BCUT2D eigenvalue weighted by atomic mass is 9.78. The molecule has 1 N–H and O–H groups in total. The highest BCUT2D eigenvalue weighted by molar-refractivity contribution is 5.30. The van der Waals surface area contributed by atoms with E-state index in [1.54, 1.807) is 0 Å². The monoisotopic (exact) mass is 259 g/mol. The molecule has 2 heteroatoms. The van der Waals surface area contributed by atoms with Crippen molar-refractivity contribution in [2.75, 3.05) is 19.6 Å². The molecule has 2 nitrogen and oxygen atoms in total. The summed E-state index contributed by atoms with van der Waals surface area (Å²) in [7, 11) is 0. The van der Waals surface area contributed by atoms with Crippen molar-refractivity contribution in [2.45, 2.75) is 50.5 Å². The fourth-order valence-corrected chi connectivity index (χ4v) is 3.88. The number of likely N-dealkylation sites (tertiary alicyclic amines) is 1. The Morgan fingerprint density at radius 3 is 2.47 bits per heavy atom. The maximum atomic E-state index is 9.72. The van der Waals surface area contributed by atoms with Gasteiger partial charge in [-0.2, -0.15) is 0 Å². The minimum atomic E-state index is -0.100. The first-order chi connectivity index (χ1) is 9.18. The van der Waals surface area contributed by atoms with Crippen molar-refractivity contribution in [2.24, 2.45) is 0 Å². The van der Waals surface area contributed by atoms with Gasteiger partial charge in [0.15, 0.2) is 0 Å². The van der Waals surface area contributed by atoms with Crippen LogP contribution in [0.4, 0.5) is 0 Å². The van der Waals surface area contributed by atoms with Crippen LogP contribution in [0.15, 0.2) is 24.3 Å². The molecule has 1 aromatic carbocycles. The van der Waals surface area contributed by atoms with Crippen molar-refractivity contribution in [3.8, 4) is 0 Å². The van der Waals surface area contributed by atoms with Gasteiger partial charge in [-0.3, -0.25) is 4.90 Å². The average Bonchev–Trinajstić information content (AvgIpc) is 3.01. The van der Waals surface area contributed by atoms with Gasteiger partial charge in [-0.05, 0) is 31.7 Å². The van der Waals surface area contributed by atoms with E-state index in [4.69, 9.17) is 0 Å². The smallest absolute Gasteiger partial charge is 0.0679 e. The van der Waals surface area contributed by atoms with Gasteiger partial charge in [0.25, 0.3) is 0 Å². The van der Waals surface area contributed by atoms with Gasteiger partial charge in [-0.1, -0.05) is 42.7 Å². The molecule has 1 aliphatic heterocycles. The summed E-state index contributed by atoms with van der Waals surface area (Å²) in [6, 6.07) is 9.14. The summed E-state index contributed by atoms with van der Waals surface area (Å²) >= 11 is 0. The molecule has 0 unspecified atom stereocenters. The Kier molecular flexibility index (Phi) is 3.64. The number of hydrogen-bond donors (Lipinski definition) is 1. The molecular weight excluding hydrogens is 234 g/mol. The molecule has 0 aromatic heterocycles. The number of nitrogens with zero attached hydrogens (tertiary/aromatic N) is 1. The van der Waals surface area contributed by atoms with Gasteiger partial charge in [0, 0.05) is 25.0 Å². The normalized spacial score (nSPS) is 26.9. The zero-order valence-electron chi connectivity index (χ0n) is 11.9. The van der Waals surface area contributed by atoms with Crippen LogP contribution in [-0.2, 0) is 5.41 Å². The molecule has 0 spiro atoms. The third kappa shape index (κ3) is 2.70. The van der Waals surface area contributed by atoms with E-state index >= 15 is 0 Å². The molecule has 1 heterocycles. The maximum absolute atomic E-state index is 9.72. The number of aliphatic hydroxyl groups is 1. The summed E-state index contributed by atoms with van der Waals surface area (Å²) in [5.74, 6) is 0. The Hall–Kier alpha value is -0.860. The van der Waals surface area contributed by atoms with Crippen LogP contribution in [0.3, 0.4) is 0 Å². The van der Waals surface area contributed by atoms with E-state index in [9.17, 15) is 5.11 Å². The van der Waals surface area contributed by atoms with Gasteiger partial charge in [-0.15, -0.1) is 0 Å². The predicted molar refractivity (Wildman–Crippen MR) is 78.4 cm³/mol. The van der Waals surface area contributed by atoms with E-state index in [1.165, 1.54) is 36.8 Å². The fraction of sp³-hybridized carbons (Fsp3) is 0.647. The highest BCUT2D eigenvalue weighted by Gasteiger charge is 2.38. The highest BCUT2D eigenvalue weighted by Crippen LogP contribution is 2.42. The van der Waals surface area contributed by atoms with Crippen molar-refractivity contribution in [1.82, 2.24) is 4.90 Å². The Morgan fingerprint density at radius 1 is 1.21 bits per heavy atom. The van der Waals surface area contributed by atoms with E-state index < -0.39 is 0 Å². The van der Waals surface area contributed by atoms with E-state index in [0.29, 0.717) is 5.41 Å². The standard InChI is InChI=1S/C17H25NO/c1-14-4-6-15(7-5-14)17(9-2-3-10-17)13-18-11-8-16(19)12-18/h4-7,16,19H,2-3,8-13H2,1H3/t16-/m1/s1. The molecule has 1 aliphatic carbocycles. The first-order valence-corrected chi connectivity index (χ1v) is 7.66. The second-order valence-electron chi connectivity index (χ2n) is 6.53. The van der Waals surface area contributed by atoms with Crippen molar-refractivity contribution in [1.29, 1.82) is 0 Å². The van der Waals surface area contributed by atoms with Gasteiger partial charge in [-0.25, -0.2) is 0 Å². The van der Waals surface area contributed by atoms with E-state index in [1.807, 2.05) is 0 Å². The minimum Gasteiger partial charge on any atom is -0.392 e. The van der Waals surface area contributed by atoms with Crippen molar-refractivity contribution in [3.05, 3.63) is 35.4 Å². The van der Waals surface area contributed by atoms with Crippen molar-refractivity contribution < 1.29 is 5.11 Å². The largest absolute Gasteiger partial charge is 0.392 e. The molecule has 104 valence electrons. The summed E-state index contributed by atoms with van der Waals surface area (Å²) in [6.07, 6.45) is 6.17. The first-order valence-electron chi connectivity index (χ1n) is 7.66. The van der Waals surface area contributed by atoms with Gasteiger partial charge in [0.05, 0.1) is 6.10 Å². The lowest BCUT2D eigenvalue weighted by Gasteiger charge is -2.34. The SMILES string of the molecule is Cc1ccc(C2(CN3CC[C@@H](O)C3)CCCC2)cc1. The highest BCUT2D eigenvalue weighted by atomic mass is 16.3. The molecule has 1 aromatic rings. The number of aliphatic hydroxyl groups excluding tert-OH is 1. The number of aryl methyl sites for hydroxylation is 1. The summed E-state index contributed by atoms with van der Waals surface area (Å²) < 4.78 is 0. The van der Waals surface area contributed by atoms with Crippen molar-refractivity contribution in [3.63, 3.8) is 0 Å². The molecule has 3 rings (SSSR count). The van der Waals surface area contributed by atoms with E-state index in [0.717, 1.165) is 26.1 Å². The topological polar surface area (TPSA) is 23.5 Å². The van der Waals surface area contributed by atoms with Gasteiger partial charge in [0.1, 0.15) is 0 Å². The van der Waals surface area contributed by atoms with Crippen LogP contribution in [0, 0.1) is 6.92 Å². The molecule has 1 atom stereocenters. The zero-order valence-corrected chi connectivity index (χ0v) is 11.9. The average molecular weight is 259 g/mol. The third-order valence-corrected chi connectivity index (χ3v) is 5.00. The van der Waals surface area contributed by atoms with Crippen molar-refractivity contribution >= 4 is 0 Å². The Bertz CT molecular complexity index is 419. The second-order valence-corrected chi connectivity index (χ2v) is 6.53. The Balaban J connectivity index is 1.80. The van der Waals surface area contributed by atoms with Crippen LogP contribution in [-0.4, -0.2) is 35.7 Å². The number of benzene rings is 1. The number of rotatable bonds is 3.